The number of carbonyl (C=O) groups is 12. The molecule has 0 bridgehead atoms. The van der Waals surface area contributed by atoms with Crippen LogP contribution in [0, 0.1) is 18.8 Å². The number of nitrogens with zero attached hydrogens (tertiary/aromatic N) is 6. The molecule has 8 aliphatic heterocycles. The molecule has 35 heteroatoms. The first-order valence-corrected chi connectivity index (χ1v) is 51.7. The van der Waals surface area contributed by atoms with Crippen LogP contribution in [0.2, 0.25) is 0 Å². The van der Waals surface area contributed by atoms with Crippen molar-refractivity contribution < 1.29 is 113 Å². The number of carbonyl (C=O) groups excluding carboxylic acids is 12. The van der Waals surface area contributed by atoms with Crippen molar-refractivity contribution in [3.05, 3.63) is 272 Å². The van der Waals surface area contributed by atoms with Crippen molar-refractivity contribution in [2.75, 3.05) is 72.0 Å². The van der Waals surface area contributed by atoms with Crippen LogP contribution < -0.4 is 69.3 Å². The highest BCUT2D eigenvalue weighted by molar-refractivity contribution is 7.85. The third-order valence-electron chi connectivity index (χ3n) is 27.7. The lowest BCUT2D eigenvalue weighted by Gasteiger charge is -2.23. The number of aryl methyl sites for hydroxylation is 2. The van der Waals surface area contributed by atoms with Gasteiger partial charge in [0.05, 0.1) is 107 Å². The highest BCUT2D eigenvalue weighted by atomic mass is 32.2. The minimum absolute atomic E-state index is 0.000694. The standard InChI is InChI=1S/C57H57N5O10.C40H46N4O11S.C18H17NO3/c1-33-20-45-46(58-30-43-26-40-13-7-9-15-48(40)62(43)57(45)68)29-50(33)71-31-36-22-37(24-41(23-36)60-55(66)34(2)21-49(63)35(3)59-53(64)16-10-11-17-54(65)70-5)32-72-52-27-38-18-19-42-25-39-12-6-8-14-47(39)61(42)56(67)44(38)28-51(52)69-4;1-24(14-34(45)25(2)42-37(46)12-8-9-13-38(47)53-4)39(48)43-29-16-26(15-27(17-29)23-55-56(5,50)51)22-54-36-20-32-31(19-35(36)52-3)40(49)44-30(21-41-32)18-28-10-6-7-11-33(28)44;1-22-17-10-14-11(9-16(17)20)6-7-13-8-12-4-2-3-5-15(12)19(13)18(14)21/h6-9,12-15,18-20,22-24,27-30,34-35,42-43H,10-11,16-17,21,25-26,31-32H2,1-5H3,(H,59,64)(H,60,66);6-7,10-11,15-17,19-21,24-25,30H,8-9,12-14,18,22-23H2,1-5H3,(H,42,46)(H,43,48);2-5,9-10,13,20H,6-8H2,1H3/t34-,35+,42-,43+;24-,25+,30+;13-/m111/s1. The Morgan fingerprint density at radius 2 is 0.820 bits per heavy atom. The summed E-state index contributed by atoms with van der Waals surface area (Å²) >= 11 is 0. The molecule has 8 heterocycles. The van der Waals surface area contributed by atoms with E-state index in [0.717, 1.165) is 76.1 Å². The third-order valence-corrected chi connectivity index (χ3v) is 28.2. The summed E-state index contributed by atoms with van der Waals surface area (Å²) in [6, 6.07) is 53.6. The largest absolute Gasteiger partial charge is 0.504 e. The predicted molar refractivity (Wildman–Crippen MR) is 565 cm³/mol. The van der Waals surface area contributed by atoms with Crippen LogP contribution in [0.25, 0.3) is 6.08 Å². The first-order chi connectivity index (χ1) is 72.1. The number of amides is 8. The second-order valence-electron chi connectivity index (χ2n) is 38.4. The summed E-state index contributed by atoms with van der Waals surface area (Å²) in [5, 5.41) is 21.1. The third kappa shape index (κ3) is 24.9. The number of unbranched alkanes of at least 4 members (excludes halogenated alkanes) is 2. The highest BCUT2D eigenvalue weighted by Crippen LogP contribution is 2.47. The number of methoxy groups -OCH3 is 5. The van der Waals surface area contributed by atoms with Gasteiger partial charge in [0, 0.05) is 133 Å². The average Bonchev–Trinajstić information content (AvgIpc) is 1.62. The lowest BCUT2D eigenvalue weighted by atomic mass is 9.99. The van der Waals surface area contributed by atoms with E-state index in [0.29, 0.717) is 152 Å². The van der Waals surface area contributed by atoms with Gasteiger partial charge in [-0.25, -0.2) is 0 Å². The average molecular weight is 2060 g/mol. The van der Waals surface area contributed by atoms with Crippen LogP contribution in [0.1, 0.15) is 201 Å². The zero-order chi connectivity index (χ0) is 106. The molecule has 0 saturated heterocycles. The van der Waals surface area contributed by atoms with Crippen molar-refractivity contribution in [3.8, 4) is 40.2 Å². The van der Waals surface area contributed by atoms with Crippen LogP contribution in [0.15, 0.2) is 198 Å². The summed E-state index contributed by atoms with van der Waals surface area (Å²) in [5.41, 5.74) is 16.4. The number of ether oxygens (including phenoxy) is 8. The number of phenols is 1. The molecule has 0 spiro atoms. The second-order valence-corrected chi connectivity index (χ2v) is 40.1. The number of fused-ring (bicyclic) bond motifs is 16. The minimum Gasteiger partial charge on any atom is -0.504 e. The predicted octanol–water partition coefficient (Wildman–Crippen LogP) is 16.5. The Labute approximate surface area is 869 Å². The van der Waals surface area contributed by atoms with Crippen molar-refractivity contribution >= 4 is 145 Å². The van der Waals surface area contributed by atoms with Gasteiger partial charge in [-0.1, -0.05) is 98.8 Å². The maximum atomic E-state index is 14.1. The summed E-state index contributed by atoms with van der Waals surface area (Å²) in [4.78, 5) is 172. The van der Waals surface area contributed by atoms with Crippen LogP contribution in [0.5, 0.6) is 40.2 Å². The highest BCUT2D eigenvalue weighted by Gasteiger charge is 2.43. The molecule has 780 valence electrons. The number of ketones is 2. The Balaban J connectivity index is 0.000000180. The molecule has 10 aromatic rings. The van der Waals surface area contributed by atoms with E-state index in [1.54, 1.807) is 112 Å². The van der Waals surface area contributed by atoms with Gasteiger partial charge in [-0.05, 0) is 230 Å². The lowest BCUT2D eigenvalue weighted by molar-refractivity contribution is -0.141. The molecule has 150 heavy (non-hydrogen) atoms. The topological polar surface area (TPSA) is 428 Å². The molecule has 18 rings (SSSR count). The van der Waals surface area contributed by atoms with Crippen molar-refractivity contribution in [1.82, 2.24) is 10.6 Å². The number of hydrogen-bond donors (Lipinski definition) is 5. The maximum Gasteiger partial charge on any atom is 0.305 e. The molecule has 0 saturated carbocycles. The number of Topliss-reactive ketones (excluding diaryl/α,β-unsaturated/α-hetero) is 2. The van der Waals surface area contributed by atoms with Crippen molar-refractivity contribution in [2.45, 2.75) is 200 Å². The van der Waals surface area contributed by atoms with E-state index < -0.39 is 45.9 Å². The van der Waals surface area contributed by atoms with Crippen LogP contribution in [-0.2, 0) is 121 Å². The number of para-hydroxylation sites is 4. The molecule has 5 N–H and O–H groups in total. The first kappa shape index (κ1) is 107. The van der Waals surface area contributed by atoms with Crippen molar-refractivity contribution in [2.24, 2.45) is 21.8 Å². The number of aliphatic imine (C=N–C) groups is 2. The Kier molecular flexibility index (Phi) is 33.6. The van der Waals surface area contributed by atoms with E-state index in [1.807, 2.05) is 143 Å². The molecule has 10 aromatic carbocycles. The number of esters is 2. The first-order valence-electron chi connectivity index (χ1n) is 49.9. The van der Waals surface area contributed by atoms with Crippen LogP contribution in [0.3, 0.4) is 0 Å². The second kappa shape index (κ2) is 47.3. The molecule has 8 aliphatic rings. The summed E-state index contributed by atoms with van der Waals surface area (Å²) in [5.74, 6) is -2.54. The summed E-state index contributed by atoms with van der Waals surface area (Å²) < 4.78 is 73.5. The molecule has 8 amide bonds. The van der Waals surface area contributed by atoms with Gasteiger partial charge in [-0.3, -0.25) is 81.5 Å². The Morgan fingerprint density at radius 1 is 0.427 bits per heavy atom. The normalized spacial score (nSPS) is 16.6. The van der Waals surface area contributed by atoms with Crippen LogP contribution in [-0.4, -0.2) is 175 Å². The van der Waals surface area contributed by atoms with Crippen LogP contribution >= 0.6 is 0 Å². The summed E-state index contributed by atoms with van der Waals surface area (Å²) in [6.45, 7) is 7.97. The van der Waals surface area contributed by atoms with Gasteiger partial charge in [0.2, 0.25) is 23.6 Å². The lowest BCUT2D eigenvalue weighted by Crippen LogP contribution is -2.39. The molecule has 0 aromatic heterocycles. The zero-order valence-corrected chi connectivity index (χ0v) is 86.1. The fourth-order valence-electron chi connectivity index (χ4n) is 19.8. The summed E-state index contributed by atoms with van der Waals surface area (Å²) in [7, 11) is 3.29. The molecule has 0 radical (unpaired) electrons. The van der Waals surface area contributed by atoms with Gasteiger partial charge in [0.15, 0.2) is 46.1 Å². The summed E-state index contributed by atoms with van der Waals surface area (Å²) in [6.07, 6.45) is 15.4. The quantitative estimate of drug-likeness (QED) is 0.0137. The van der Waals surface area contributed by atoms with Crippen molar-refractivity contribution in [3.63, 3.8) is 0 Å². The minimum atomic E-state index is -3.79. The van der Waals surface area contributed by atoms with Gasteiger partial charge in [-0.2, -0.15) is 8.42 Å². The van der Waals surface area contributed by atoms with Gasteiger partial charge >= 0.3 is 11.9 Å². The number of aromatic hydroxyl groups is 1. The number of benzene rings is 10. The van der Waals surface area contributed by atoms with E-state index in [9.17, 15) is 71.1 Å². The van der Waals surface area contributed by atoms with Crippen LogP contribution in [0.4, 0.5) is 45.5 Å². The SMILES string of the molecule is COC(=O)CCCCC(=O)N[C@@H](C)C(=O)C[C@@H](C)C(=O)Nc1cc(COc2cc3c(cc2C)C(=O)N2c4ccccc4C[C@H]2C=N3)cc(COc2cc3c(cc2OC)C(=O)N2c4ccccc4C[C@H]2C=C3)c1.COC(=O)CCCCC(=O)N[C@@H](C)C(=O)C[C@@H](C)C(=O)Nc1cc(COc2cc3c(cc2OC)C(=O)N2c4ccccc4C[C@H]2C=N3)cc(COS(C)(=O)=O)c1.COc1cc2c(cc1O)CC[C@@H]1Cc3ccccc3N1C2=O. The van der Waals surface area contributed by atoms with E-state index in [1.165, 1.54) is 41.1 Å². The number of anilines is 6. The fourth-order valence-corrected chi connectivity index (χ4v) is 20.1. The molecule has 0 aliphatic carbocycles. The molecule has 0 fully saturated rings. The number of rotatable bonds is 37. The number of phenolic OH excluding ortho intramolecular Hbond substituents is 1. The number of nitrogens with one attached hydrogen (secondary N) is 4. The van der Waals surface area contributed by atoms with E-state index >= 15 is 0 Å². The Bertz CT molecular complexity index is 7180. The van der Waals surface area contributed by atoms with E-state index in [2.05, 4.69) is 41.8 Å². The molecular formula is C115H120N10O24S. The van der Waals surface area contributed by atoms with Crippen molar-refractivity contribution in [1.29, 1.82) is 0 Å². The Morgan fingerprint density at radius 3 is 1.29 bits per heavy atom. The zero-order valence-electron chi connectivity index (χ0n) is 85.3. The monoisotopic (exact) mass is 2060 g/mol. The Hall–Kier alpha value is -16.2. The van der Waals surface area contributed by atoms with Gasteiger partial charge in [0.1, 0.15) is 25.6 Å². The fraction of sp³-hybridized carbons (Fsp3) is 0.339. The van der Waals surface area contributed by atoms with Gasteiger partial charge in [0.25, 0.3) is 33.7 Å². The van der Waals surface area contributed by atoms with E-state index in [4.69, 9.17) is 37.6 Å². The smallest absolute Gasteiger partial charge is 0.305 e. The van der Waals surface area contributed by atoms with E-state index in [-0.39, 0.29) is 154 Å². The van der Waals surface area contributed by atoms with Gasteiger partial charge in [-0.15, -0.1) is 0 Å². The number of hydrogen-bond acceptors (Lipinski definition) is 26. The molecule has 8 atom stereocenters. The molecule has 34 nitrogen and oxygen atoms in total. The van der Waals surface area contributed by atoms with Gasteiger partial charge < -0.3 is 74.1 Å². The molecular weight excluding hydrogens is 1940 g/mol. The maximum absolute atomic E-state index is 14.1. The molecule has 0 unspecified atom stereocenters.